The Labute approximate surface area is 124 Å². The van der Waals surface area contributed by atoms with E-state index in [1.165, 1.54) is 6.08 Å². The van der Waals surface area contributed by atoms with Crippen LogP contribution in [-0.4, -0.2) is 13.2 Å². The van der Waals surface area contributed by atoms with Crippen molar-refractivity contribution < 1.29 is 9.13 Å². The third-order valence-corrected chi connectivity index (χ3v) is 2.68. The molecule has 0 radical (unpaired) electrons. The van der Waals surface area contributed by atoms with E-state index in [0.29, 0.717) is 5.75 Å². The van der Waals surface area contributed by atoms with E-state index in [9.17, 15) is 4.39 Å². The lowest BCUT2D eigenvalue weighted by Gasteiger charge is -2.06. The molecule has 0 aliphatic carbocycles. The van der Waals surface area contributed by atoms with E-state index in [1.807, 2.05) is 54.6 Å². The Morgan fingerprint density at radius 3 is 2.20 bits per heavy atom. The number of hydrogen-bond acceptors (Lipinski definition) is 2. The molecular formula is C16H17ClFNO. The summed E-state index contributed by atoms with van der Waals surface area (Å²) >= 11 is 0. The molecule has 2 aromatic carbocycles. The fourth-order valence-corrected chi connectivity index (χ4v) is 1.71. The van der Waals surface area contributed by atoms with Crippen molar-refractivity contribution in [1.29, 1.82) is 0 Å². The van der Waals surface area contributed by atoms with Crippen molar-refractivity contribution in [1.82, 2.24) is 0 Å². The van der Waals surface area contributed by atoms with E-state index in [4.69, 9.17) is 10.5 Å². The van der Waals surface area contributed by atoms with E-state index in [-0.39, 0.29) is 31.4 Å². The topological polar surface area (TPSA) is 35.2 Å². The number of ether oxygens (including phenoxy) is 1. The Morgan fingerprint density at radius 1 is 1.00 bits per heavy atom. The SMILES string of the molecule is Cl.NCC=C(F)COc1ccc(-c2ccccc2)cc1. The van der Waals surface area contributed by atoms with E-state index in [2.05, 4.69) is 0 Å². The lowest BCUT2D eigenvalue weighted by Crippen LogP contribution is -2.01. The second kappa shape index (κ2) is 8.35. The van der Waals surface area contributed by atoms with Crippen LogP contribution in [-0.2, 0) is 0 Å². The molecule has 0 atom stereocenters. The molecule has 2 rings (SSSR count). The van der Waals surface area contributed by atoms with Crippen LogP contribution in [0, 0.1) is 0 Å². The molecular weight excluding hydrogens is 277 g/mol. The minimum atomic E-state index is -0.352. The first-order valence-corrected chi connectivity index (χ1v) is 6.12. The monoisotopic (exact) mass is 293 g/mol. The molecule has 20 heavy (non-hydrogen) atoms. The molecule has 0 saturated heterocycles. The van der Waals surface area contributed by atoms with Gasteiger partial charge in [0.15, 0.2) is 0 Å². The van der Waals surface area contributed by atoms with E-state index >= 15 is 0 Å². The van der Waals surface area contributed by atoms with Crippen LogP contribution in [0.1, 0.15) is 0 Å². The molecule has 2 N–H and O–H groups in total. The van der Waals surface area contributed by atoms with Crippen LogP contribution in [0.2, 0.25) is 0 Å². The molecule has 106 valence electrons. The zero-order chi connectivity index (χ0) is 13.5. The van der Waals surface area contributed by atoms with Crippen LogP contribution in [0.3, 0.4) is 0 Å². The predicted molar refractivity (Wildman–Crippen MR) is 82.9 cm³/mol. The second-order valence-electron chi connectivity index (χ2n) is 4.07. The lowest BCUT2D eigenvalue weighted by atomic mass is 10.1. The number of hydrogen-bond donors (Lipinski definition) is 1. The molecule has 2 aromatic rings. The second-order valence-corrected chi connectivity index (χ2v) is 4.07. The molecule has 0 amide bonds. The summed E-state index contributed by atoms with van der Waals surface area (Å²) in [5, 5.41) is 0. The number of nitrogens with two attached hydrogens (primary N) is 1. The van der Waals surface area contributed by atoms with Gasteiger partial charge in [-0.2, -0.15) is 0 Å². The first kappa shape index (κ1) is 16.2. The zero-order valence-corrected chi connectivity index (χ0v) is 11.8. The van der Waals surface area contributed by atoms with Crippen molar-refractivity contribution >= 4 is 12.4 Å². The summed E-state index contributed by atoms with van der Waals surface area (Å²) in [7, 11) is 0. The van der Waals surface area contributed by atoms with Crippen molar-refractivity contribution in [2.45, 2.75) is 0 Å². The summed E-state index contributed by atoms with van der Waals surface area (Å²) < 4.78 is 18.4. The van der Waals surface area contributed by atoms with Gasteiger partial charge in [-0.3, -0.25) is 0 Å². The summed E-state index contributed by atoms with van der Waals surface area (Å²) in [5.74, 6) is 0.287. The van der Waals surface area contributed by atoms with Gasteiger partial charge in [0, 0.05) is 6.54 Å². The highest BCUT2D eigenvalue weighted by Gasteiger charge is 1.99. The van der Waals surface area contributed by atoms with Gasteiger partial charge in [-0.1, -0.05) is 42.5 Å². The first-order valence-electron chi connectivity index (χ1n) is 6.12. The van der Waals surface area contributed by atoms with Gasteiger partial charge in [-0.15, -0.1) is 12.4 Å². The highest BCUT2D eigenvalue weighted by molar-refractivity contribution is 5.85. The van der Waals surface area contributed by atoms with Crippen LogP contribution in [0.15, 0.2) is 66.5 Å². The van der Waals surface area contributed by atoms with Crippen molar-refractivity contribution in [3.05, 3.63) is 66.5 Å². The standard InChI is InChI=1S/C16H16FNO.ClH/c17-15(10-11-18)12-19-16-8-6-14(7-9-16)13-4-2-1-3-5-13;/h1-10H,11-12,18H2;1H. The molecule has 0 aliphatic heterocycles. The maximum Gasteiger partial charge on any atom is 0.139 e. The quantitative estimate of drug-likeness (QED) is 0.905. The lowest BCUT2D eigenvalue weighted by molar-refractivity contribution is 0.318. The molecule has 0 bridgehead atoms. The van der Waals surface area contributed by atoms with Crippen LogP contribution in [0.5, 0.6) is 5.75 Å². The van der Waals surface area contributed by atoms with Gasteiger partial charge in [0.2, 0.25) is 0 Å². The van der Waals surface area contributed by atoms with Crippen molar-refractivity contribution in [2.24, 2.45) is 5.73 Å². The number of rotatable bonds is 5. The van der Waals surface area contributed by atoms with E-state index in [1.54, 1.807) is 0 Å². The Bertz CT molecular complexity index is 540. The fourth-order valence-electron chi connectivity index (χ4n) is 1.71. The van der Waals surface area contributed by atoms with Crippen molar-refractivity contribution in [3.63, 3.8) is 0 Å². The van der Waals surface area contributed by atoms with E-state index < -0.39 is 0 Å². The highest BCUT2D eigenvalue weighted by Crippen LogP contribution is 2.22. The number of benzene rings is 2. The summed E-state index contributed by atoms with van der Waals surface area (Å²) in [4.78, 5) is 0. The van der Waals surface area contributed by atoms with Crippen LogP contribution < -0.4 is 10.5 Å². The van der Waals surface area contributed by atoms with Gasteiger partial charge in [-0.25, -0.2) is 4.39 Å². The molecule has 4 heteroatoms. The normalized spacial score (nSPS) is 10.8. The van der Waals surface area contributed by atoms with Crippen molar-refractivity contribution in [3.8, 4) is 16.9 Å². The molecule has 0 spiro atoms. The smallest absolute Gasteiger partial charge is 0.139 e. The largest absolute Gasteiger partial charge is 0.487 e. The summed E-state index contributed by atoms with van der Waals surface area (Å²) in [6.45, 7) is 0.101. The van der Waals surface area contributed by atoms with Gasteiger partial charge in [0.1, 0.15) is 18.2 Å². The maximum absolute atomic E-state index is 13.1. The Kier molecular flexibility index (Phi) is 6.77. The minimum Gasteiger partial charge on any atom is -0.487 e. The molecule has 0 aromatic heterocycles. The van der Waals surface area contributed by atoms with Gasteiger partial charge in [0.05, 0.1) is 0 Å². The summed E-state index contributed by atoms with van der Waals surface area (Å²) in [5.41, 5.74) is 7.46. The molecule has 0 unspecified atom stereocenters. The third-order valence-electron chi connectivity index (χ3n) is 2.68. The van der Waals surface area contributed by atoms with Gasteiger partial charge < -0.3 is 10.5 Å². The van der Waals surface area contributed by atoms with Gasteiger partial charge in [-0.05, 0) is 29.3 Å². The zero-order valence-electron chi connectivity index (χ0n) is 11.0. The van der Waals surface area contributed by atoms with Gasteiger partial charge in [0.25, 0.3) is 0 Å². The molecule has 0 heterocycles. The van der Waals surface area contributed by atoms with Crippen LogP contribution in [0.4, 0.5) is 4.39 Å². The van der Waals surface area contributed by atoms with E-state index in [0.717, 1.165) is 11.1 Å². The fraction of sp³-hybridized carbons (Fsp3) is 0.125. The average Bonchev–Trinajstić information content (AvgIpc) is 2.47. The number of halogens is 2. The average molecular weight is 294 g/mol. The Morgan fingerprint density at radius 2 is 1.60 bits per heavy atom. The van der Waals surface area contributed by atoms with Crippen LogP contribution >= 0.6 is 12.4 Å². The van der Waals surface area contributed by atoms with Gasteiger partial charge >= 0.3 is 0 Å². The predicted octanol–water partition coefficient (Wildman–Crippen LogP) is 3.97. The molecule has 0 saturated carbocycles. The van der Waals surface area contributed by atoms with Crippen LogP contribution in [0.25, 0.3) is 11.1 Å². The third kappa shape index (κ3) is 4.68. The first-order chi connectivity index (χ1) is 9.29. The van der Waals surface area contributed by atoms with Crippen molar-refractivity contribution in [2.75, 3.05) is 13.2 Å². The highest BCUT2D eigenvalue weighted by atomic mass is 35.5. The Hall–Kier alpha value is -1.84. The molecule has 2 nitrogen and oxygen atoms in total. The Balaban J connectivity index is 0.00000200. The minimum absolute atomic E-state index is 0. The maximum atomic E-state index is 13.1. The molecule has 0 fully saturated rings. The summed E-state index contributed by atoms with van der Waals surface area (Å²) in [6, 6.07) is 17.6. The summed E-state index contributed by atoms with van der Waals surface area (Å²) in [6.07, 6.45) is 1.30. The molecule has 0 aliphatic rings.